The third kappa shape index (κ3) is 4.55. The minimum atomic E-state index is -3.67. The predicted octanol–water partition coefficient (Wildman–Crippen LogP) is 1.45. The van der Waals surface area contributed by atoms with Crippen LogP contribution in [0.2, 0.25) is 0 Å². The maximum atomic E-state index is 12.7. The summed E-state index contributed by atoms with van der Waals surface area (Å²) in [6, 6.07) is 8.98. The highest BCUT2D eigenvalue weighted by molar-refractivity contribution is 7.92. The summed E-state index contributed by atoms with van der Waals surface area (Å²) in [4.78, 5) is 17.1. The molecule has 9 nitrogen and oxygen atoms in total. The molecule has 0 saturated heterocycles. The lowest BCUT2D eigenvalue weighted by molar-refractivity contribution is 0.0956. The van der Waals surface area contributed by atoms with E-state index >= 15 is 0 Å². The minimum absolute atomic E-state index is 0.0511. The third-order valence-electron chi connectivity index (χ3n) is 4.97. The summed E-state index contributed by atoms with van der Waals surface area (Å²) in [5.41, 5.74) is 2.39. The molecule has 3 N–H and O–H groups in total. The van der Waals surface area contributed by atoms with E-state index in [4.69, 9.17) is 4.42 Å². The number of sulfonamides is 1. The Morgan fingerprint density at radius 1 is 1.29 bits per heavy atom. The molecule has 1 amide bonds. The number of nitrogens with zero attached hydrogens (tertiary/aromatic N) is 2. The standard InChI is InChI=1S/C21H25N3O6S/c1-12-5-7-13(8-6-12)18-17(20(27)22-2)16-10-14(9-15(26)11-25)19(23-21(16)30-18)24(3)31(4,28)29/h5-8,10,15,25-26H,9,11H2,1-4H3,(H,22,27). The number of hydrogen-bond acceptors (Lipinski definition) is 7. The van der Waals surface area contributed by atoms with Crippen molar-refractivity contribution >= 4 is 32.8 Å². The molecule has 166 valence electrons. The number of anilines is 1. The topological polar surface area (TPSA) is 133 Å². The highest BCUT2D eigenvalue weighted by Gasteiger charge is 2.27. The second kappa shape index (κ2) is 8.66. The average Bonchev–Trinajstić information content (AvgIpc) is 3.10. The normalized spacial score (nSPS) is 12.7. The van der Waals surface area contributed by atoms with Crippen molar-refractivity contribution in [3.05, 3.63) is 47.0 Å². The summed E-state index contributed by atoms with van der Waals surface area (Å²) in [5, 5.41) is 22.2. The van der Waals surface area contributed by atoms with Gasteiger partial charge in [-0.25, -0.2) is 8.42 Å². The molecule has 2 aromatic heterocycles. The number of pyridine rings is 1. The molecule has 3 aromatic rings. The molecule has 10 heteroatoms. The summed E-state index contributed by atoms with van der Waals surface area (Å²) in [6.07, 6.45) is -0.161. The Balaban J connectivity index is 2.33. The molecule has 0 saturated carbocycles. The highest BCUT2D eigenvalue weighted by atomic mass is 32.2. The minimum Gasteiger partial charge on any atom is -0.437 e. The zero-order chi connectivity index (χ0) is 22.9. The highest BCUT2D eigenvalue weighted by Crippen LogP contribution is 2.36. The van der Waals surface area contributed by atoms with E-state index < -0.39 is 28.6 Å². The molecule has 31 heavy (non-hydrogen) atoms. The van der Waals surface area contributed by atoms with E-state index in [1.165, 1.54) is 14.1 Å². The number of carbonyl (C=O) groups excluding carboxylic acids is 1. The van der Waals surface area contributed by atoms with Gasteiger partial charge in [-0.1, -0.05) is 29.8 Å². The number of aliphatic hydroxyl groups excluding tert-OH is 2. The molecule has 1 aromatic carbocycles. The lowest BCUT2D eigenvalue weighted by atomic mass is 10.0. The van der Waals surface area contributed by atoms with Crippen LogP contribution in [0.25, 0.3) is 22.4 Å². The molecule has 0 spiro atoms. The summed E-state index contributed by atoms with van der Waals surface area (Å²) in [6.45, 7) is 1.43. The van der Waals surface area contributed by atoms with Crippen molar-refractivity contribution < 1.29 is 27.8 Å². The molecule has 0 aliphatic carbocycles. The Kier molecular flexibility index (Phi) is 6.35. The largest absolute Gasteiger partial charge is 0.437 e. The van der Waals surface area contributed by atoms with Crippen LogP contribution in [-0.4, -0.2) is 62.6 Å². The Hall–Kier alpha value is -2.95. The fourth-order valence-corrected chi connectivity index (χ4v) is 3.68. The zero-order valence-electron chi connectivity index (χ0n) is 17.7. The van der Waals surface area contributed by atoms with E-state index in [-0.39, 0.29) is 23.5 Å². The van der Waals surface area contributed by atoms with Crippen molar-refractivity contribution in [2.45, 2.75) is 19.4 Å². The van der Waals surface area contributed by atoms with E-state index in [0.29, 0.717) is 22.3 Å². The van der Waals surface area contributed by atoms with Crippen LogP contribution >= 0.6 is 0 Å². The summed E-state index contributed by atoms with van der Waals surface area (Å²) >= 11 is 0. The second-order valence-electron chi connectivity index (χ2n) is 7.35. The number of hydrogen-bond donors (Lipinski definition) is 3. The first-order chi connectivity index (χ1) is 14.6. The maximum Gasteiger partial charge on any atom is 0.255 e. The van der Waals surface area contributed by atoms with Gasteiger partial charge in [0.05, 0.1) is 29.9 Å². The number of furan rings is 1. The van der Waals surface area contributed by atoms with Crippen LogP contribution in [0.15, 0.2) is 34.7 Å². The van der Waals surface area contributed by atoms with Crippen LogP contribution in [0.4, 0.5) is 5.82 Å². The summed E-state index contributed by atoms with van der Waals surface area (Å²) in [5.74, 6) is -0.0428. The monoisotopic (exact) mass is 447 g/mol. The first-order valence-electron chi connectivity index (χ1n) is 9.55. The zero-order valence-corrected chi connectivity index (χ0v) is 18.5. The number of aromatic nitrogens is 1. The van der Waals surface area contributed by atoms with Gasteiger partial charge in [0.25, 0.3) is 5.91 Å². The molecule has 3 rings (SSSR count). The first kappa shape index (κ1) is 22.7. The van der Waals surface area contributed by atoms with E-state index in [1.807, 2.05) is 31.2 Å². The van der Waals surface area contributed by atoms with Crippen LogP contribution in [0.1, 0.15) is 21.5 Å². The van der Waals surface area contributed by atoms with Gasteiger partial charge in [0.15, 0.2) is 0 Å². The van der Waals surface area contributed by atoms with Gasteiger partial charge in [0.1, 0.15) is 11.6 Å². The Bertz CT molecular complexity index is 1220. The Morgan fingerprint density at radius 3 is 2.48 bits per heavy atom. The SMILES string of the molecule is CNC(=O)c1c(-c2ccc(C)cc2)oc2nc(N(C)S(C)(=O)=O)c(CC(O)CO)cc12. The number of aliphatic hydroxyl groups is 2. The summed E-state index contributed by atoms with van der Waals surface area (Å²) in [7, 11) is -0.834. The molecule has 1 atom stereocenters. The lowest BCUT2D eigenvalue weighted by Crippen LogP contribution is -2.28. The van der Waals surface area contributed by atoms with Gasteiger partial charge < -0.3 is 19.9 Å². The number of carbonyl (C=O) groups is 1. The number of nitrogens with one attached hydrogen (secondary N) is 1. The average molecular weight is 448 g/mol. The van der Waals surface area contributed by atoms with E-state index in [0.717, 1.165) is 16.1 Å². The third-order valence-corrected chi connectivity index (χ3v) is 6.14. The lowest BCUT2D eigenvalue weighted by Gasteiger charge is -2.20. The fraction of sp³-hybridized carbons (Fsp3) is 0.333. The van der Waals surface area contributed by atoms with E-state index in [9.17, 15) is 23.4 Å². The van der Waals surface area contributed by atoms with Crippen LogP contribution in [0.5, 0.6) is 0 Å². The number of rotatable bonds is 7. The molecule has 0 bridgehead atoms. The van der Waals surface area contributed by atoms with Crippen molar-refractivity contribution in [1.29, 1.82) is 0 Å². The second-order valence-corrected chi connectivity index (χ2v) is 9.36. The van der Waals surface area contributed by atoms with Crippen LogP contribution in [0.3, 0.4) is 0 Å². The summed E-state index contributed by atoms with van der Waals surface area (Å²) < 4.78 is 31.2. The van der Waals surface area contributed by atoms with E-state index in [1.54, 1.807) is 6.07 Å². The molecule has 0 aliphatic heterocycles. The van der Waals surface area contributed by atoms with Crippen molar-refractivity contribution in [1.82, 2.24) is 10.3 Å². The van der Waals surface area contributed by atoms with Crippen molar-refractivity contribution in [2.24, 2.45) is 0 Å². The van der Waals surface area contributed by atoms with Crippen LogP contribution in [0, 0.1) is 6.92 Å². The molecule has 2 heterocycles. The number of fused-ring (bicyclic) bond motifs is 1. The van der Waals surface area contributed by atoms with Gasteiger partial charge in [-0.3, -0.25) is 9.10 Å². The quantitative estimate of drug-likeness (QED) is 0.499. The predicted molar refractivity (Wildman–Crippen MR) is 118 cm³/mol. The van der Waals surface area contributed by atoms with Gasteiger partial charge in [-0.15, -0.1) is 0 Å². The maximum absolute atomic E-state index is 12.7. The number of aryl methyl sites for hydroxylation is 1. The molecule has 0 radical (unpaired) electrons. The Labute approximate surface area is 180 Å². The van der Waals surface area contributed by atoms with Crippen LogP contribution in [-0.2, 0) is 16.4 Å². The first-order valence-corrected chi connectivity index (χ1v) is 11.4. The van der Waals surface area contributed by atoms with Gasteiger partial charge >= 0.3 is 0 Å². The van der Waals surface area contributed by atoms with Gasteiger partial charge in [-0.05, 0) is 18.6 Å². The van der Waals surface area contributed by atoms with Gasteiger partial charge in [0, 0.05) is 26.1 Å². The molecular weight excluding hydrogens is 422 g/mol. The van der Waals surface area contributed by atoms with Crippen molar-refractivity contribution in [3.8, 4) is 11.3 Å². The fourth-order valence-electron chi connectivity index (χ4n) is 3.21. The smallest absolute Gasteiger partial charge is 0.255 e. The number of benzene rings is 1. The van der Waals surface area contributed by atoms with Gasteiger partial charge in [0.2, 0.25) is 15.7 Å². The molecular formula is C21H25N3O6S. The number of amides is 1. The Morgan fingerprint density at radius 2 is 1.94 bits per heavy atom. The van der Waals surface area contributed by atoms with Crippen LogP contribution < -0.4 is 9.62 Å². The van der Waals surface area contributed by atoms with Crippen molar-refractivity contribution in [2.75, 3.05) is 31.3 Å². The molecule has 1 unspecified atom stereocenters. The van der Waals surface area contributed by atoms with E-state index in [2.05, 4.69) is 10.3 Å². The van der Waals surface area contributed by atoms with Gasteiger partial charge in [-0.2, -0.15) is 4.98 Å². The van der Waals surface area contributed by atoms with Crippen molar-refractivity contribution in [3.63, 3.8) is 0 Å². The molecule has 0 fully saturated rings. The molecule has 0 aliphatic rings.